The van der Waals surface area contributed by atoms with Crippen LogP contribution in [0.3, 0.4) is 0 Å². The molecule has 0 radical (unpaired) electrons. The van der Waals surface area contributed by atoms with Gasteiger partial charge in [0.1, 0.15) is 0 Å². The molecule has 0 N–H and O–H groups in total. The van der Waals surface area contributed by atoms with Crippen molar-refractivity contribution < 1.29 is 13.2 Å². The highest BCUT2D eigenvalue weighted by molar-refractivity contribution is 8.76. The van der Waals surface area contributed by atoms with Gasteiger partial charge in [-0.25, -0.2) is 0 Å². The van der Waals surface area contributed by atoms with Crippen molar-refractivity contribution in [3.8, 4) is 0 Å². The first kappa shape index (κ1) is 16.3. The van der Waals surface area contributed by atoms with E-state index in [0.717, 1.165) is 23.4 Å². The minimum atomic E-state index is -4.26. The van der Waals surface area contributed by atoms with Crippen LogP contribution in [0.25, 0.3) is 0 Å². The van der Waals surface area contributed by atoms with Gasteiger partial charge in [-0.2, -0.15) is 13.2 Å². The zero-order valence-electron chi connectivity index (χ0n) is 11.5. The fourth-order valence-electron chi connectivity index (χ4n) is 1.69. The molecule has 0 bridgehead atoms. The van der Waals surface area contributed by atoms with Crippen molar-refractivity contribution in [2.75, 3.05) is 0 Å². The maximum Gasteiger partial charge on any atom is 0.416 e. The predicted molar refractivity (Wildman–Crippen MR) is 85.2 cm³/mol. The topological polar surface area (TPSA) is 0 Å². The zero-order valence-corrected chi connectivity index (χ0v) is 13.1. The van der Waals surface area contributed by atoms with Crippen molar-refractivity contribution >= 4 is 21.6 Å². The lowest BCUT2D eigenvalue weighted by Gasteiger charge is -2.07. The van der Waals surface area contributed by atoms with Crippen molar-refractivity contribution in [2.45, 2.75) is 24.6 Å². The number of halogens is 3. The fraction of sp³-hybridized carbons (Fsp3) is 0.250. The van der Waals surface area contributed by atoms with E-state index in [0.29, 0.717) is 5.75 Å². The first-order valence-corrected chi connectivity index (χ1v) is 8.90. The Morgan fingerprint density at radius 2 is 1.19 bits per heavy atom. The van der Waals surface area contributed by atoms with Crippen molar-refractivity contribution in [3.63, 3.8) is 0 Å². The van der Waals surface area contributed by atoms with Crippen LogP contribution in [0.4, 0.5) is 13.2 Å². The normalized spacial score (nSPS) is 11.6. The molecule has 2 aromatic carbocycles. The summed E-state index contributed by atoms with van der Waals surface area (Å²) < 4.78 is 37.3. The SMILES string of the molecule is Cc1ccc(CSSCc2ccc(C(F)(F)F)cc2)cc1. The molecule has 0 aromatic heterocycles. The van der Waals surface area contributed by atoms with Crippen LogP contribution in [0.2, 0.25) is 0 Å². The second-order valence-electron chi connectivity index (χ2n) is 4.70. The number of rotatable bonds is 5. The van der Waals surface area contributed by atoms with Gasteiger partial charge < -0.3 is 0 Å². The Balaban J connectivity index is 1.77. The molecule has 0 spiro atoms. The van der Waals surface area contributed by atoms with Crippen molar-refractivity contribution in [1.82, 2.24) is 0 Å². The van der Waals surface area contributed by atoms with Crippen molar-refractivity contribution in [1.29, 1.82) is 0 Å². The molecule has 2 aromatic rings. The molecule has 5 heteroatoms. The third kappa shape index (κ3) is 5.32. The molecule has 0 amide bonds. The van der Waals surface area contributed by atoms with Gasteiger partial charge in [0.15, 0.2) is 0 Å². The molecule has 0 fully saturated rings. The van der Waals surface area contributed by atoms with E-state index in [4.69, 9.17) is 0 Å². The molecule has 0 atom stereocenters. The number of alkyl halides is 3. The van der Waals surface area contributed by atoms with Gasteiger partial charge in [0.2, 0.25) is 0 Å². The van der Waals surface area contributed by atoms with E-state index in [1.165, 1.54) is 11.1 Å². The van der Waals surface area contributed by atoms with Gasteiger partial charge >= 0.3 is 6.18 Å². The standard InChI is InChI=1S/C16H15F3S2/c1-12-2-4-13(5-3-12)10-20-21-11-14-6-8-15(9-7-14)16(17,18)19/h2-9H,10-11H2,1H3. The third-order valence-electron chi connectivity index (χ3n) is 2.94. The van der Waals surface area contributed by atoms with Gasteiger partial charge in [0.05, 0.1) is 5.56 Å². The summed E-state index contributed by atoms with van der Waals surface area (Å²) >= 11 is 0. The minimum Gasteiger partial charge on any atom is -0.166 e. The summed E-state index contributed by atoms with van der Waals surface area (Å²) in [7, 11) is 3.37. The van der Waals surface area contributed by atoms with Crippen molar-refractivity contribution in [2.24, 2.45) is 0 Å². The number of benzene rings is 2. The van der Waals surface area contributed by atoms with Crippen molar-refractivity contribution in [3.05, 3.63) is 70.8 Å². The number of aryl methyl sites for hydroxylation is 1. The Morgan fingerprint density at radius 3 is 1.62 bits per heavy atom. The number of hydrogen-bond acceptors (Lipinski definition) is 2. The molecule has 0 aliphatic heterocycles. The first-order valence-electron chi connectivity index (χ1n) is 6.41. The summed E-state index contributed by atoms with van der Waals surface area (Å²) in [5.74, 6) is 1.60. The fourth-order valence-corrected chi connectivity index (χ4v) is 3.83. The van der Waals surface area contributed by atoms with Gasteiger partial charge in [0.25, 0.3) is 0 Å². The molecule has 0 saturated heterocycles. The van der Waals surface area contributed by atoms with E-state index in [1.54, 1.807) is 33.7 Å². The summed E-state index contributed by atoms with van der Waals surface area (Å²) in [5, 5.41) is 0. The molecule has 2 rings (SSSR count). The van der Waals surface area contributed by atoms with E-state index in [1.807, 2.05) is 0 Å². The van der Waals surface area contributed by atoms with E-state index in [2.05, 4.69) is 31.2 Å². The highest BCUT2D eigenvalue weighted by atomic mass is 33.1. The van der Waals surface area contributed by atoms with E-state index >= 15 is 0 Å². The Hall–Kier alpha value is -1.07. The van der Waals surface area contributed by atoms with Crippen LogP contribution in [-0.2, 0) is 17.7 Å². The molecule has 0 saturated carbocycles. The quantitative estimate of drug-likeness (QED) is 0.481. The molecular weight excluding hydrogens is 313 g/mol. The minimum absolute atomic E-state index is 0.594. The Kier molecular flexibility index (Phi) is 5.65. The average Bonchev–Trinajstić information content (AvgIpc) is 2.45. The zero-order chi connectivity index (χ0) is 15.3. The third-order valence-corrected chi connectivity index (χ3v) is 5.21. The van der Waals surface area contributed by atoms with Gasteiger partial charge in [0, 0.05) is 11.5 Å². The highest BCUT2D eigenvalue weighted by Crippen LogP contribution is 2.32. The monoisotopic (exact) mass is 328 g/mol. The smallest absolute Gasteiger partial charge is 0.166 e. The molecule has 21 heavy (non-hydrogen) atoms. The van der Waals surface area contributed by atoms with Crippen LogP contribution in [0.15, 0.2) is 48.5 Å². The molecule has 0 heterocycles. The Morgan fingerprint density at radius 1 is 0.762 bits per heavy atom. The highest BCUT2D eigenvalue weighted by Gasteiger charge is 2.29. The van der Waals surface area contributed by atoms with Gasteiger partial charge in [-0.3, -0.25) is 0 Å². The van der Waals surface area contributed by atoms with Crippen LogP contribution in [-0.4, -0.2) is 0 Å². The van der Waals surface area contributed by atoms with Crippen LogP contribution in [0.5, 0.6) is 0 Å². The predicted octanol–water partition coefficient (Wildman–Crippen LogP) is 6.10. The van der Waals surface area contributed by atoms with Crippen LogP contribution >= 0.6 is 21.6 Å². The molecule has 0 nitrogen and oxygen atoms in total. The lowest BCUT2D eigenvalue weighted by Crippen LogP contribution is -2.04. The second kappa shape index (κ2) is 7.27. The van der Waals surface area contributed by atoms with Crippen LogP contribution < -0.4 is 0 Å². The maximum atomic E-state index is 12.4. The summed E-state index contributed by atoms with van der Waals surface area (Å²) in [6, 6.07) is 13.7. The molecule has 0 aliphatic carbocycles. The lowest BCUT2D eigenvalue weighted by atomic mass is 10.1. The molecule has 0 unspecified atom stereocenters. The van der Waals surface area contributed by atoms with Gasteiger partial charge in [-0.1, -0.05) is 63.5 Å². The second-order valence-corrected chi connectivity index (χ2v) is 7.17. The van der Waals surface area contributed by atoms with Gasteiger partial charge in [-0.15, -0.1) is 0 Å². The van der Waals surface area contributed by atoms with E-state index in [9.17, 15) is 13.2 Å². The van der Waals surface area contributed by atoms with Crippen LogP contribution in [0.1, 0.15) is 22.3 Å². The van der Waals surface area contributed by atoms with E-state index in [-0.39, 0.29) is 0 Å². The molecule has 112 valence electrons. The molecule has 0 aliphatic rings. The Labute approximate surface area is 130 Å². The summed E-state index contributed by atoms with van der Waals surface area (Å²) in [6.07, 6.45) is -4.26. The largest absolute Gasteiger partial charge is 0.416 e. The maximum absolute atomic E-state index is 12.4. The van der Waals surface area contributed by atoms with Gasteiger partial charge in [-0.05, 0) is 30.2 Å². The first-order chi connectivity index (χ1) is 9.95. The van der Waals surface area contributed by atoms with Crippen LogP contribution in [0, 0.1) is 6.92 Å². The Bertz CT molecular complexity index is 560. The summed E-state index contributed by atoms with van der Waals surface area (Å²) in [5.41, 5.74) is 2.81. The van der Waals surface area contributed by atoms with E-state index < -0.39 is 11.7 Å². The summed E-state index contributed by atoms with van der Waals surface area (Å²) in [4.78, 5) is 0. The molecular formula is C16H15F3S2. The summed E-state index contributed by atoms with van der Waals surface area (Å²) in [6.45, 7) is 2.05. The lowest BCUT2D eigenvalue weighted by molar-refractivity contribution is -0.137. The number of hydrogen-bond donors (Lipinski definition) is 0. The average molecular weight is 328 g/mol.